The molecule has 7 heteroatoms. The lowest BCUT2D eigenvalue weighted by atomic mass is 10.0. The number of hydrogen-bond donors (Lipinski definition) is 1. The van der Waals surface area contributed by atoms with E-state index >= 15 is 0 Å². The van der Waals surface area contributed by atoms with Crippen LogP contribution in [0.1, 0.15) is 5.56 Å². The van der Waals surface area contributed by atoms with Gasteiger partial charge in [0.1, 0.15) is 17.3 Å². The summed E-state index contributed by atoms with van der Waals surface area (Å²) in [4.78, 5) is 1.01. The third-order valence-electron chi connectivity index (χ3n) is 5.26. The molecule has 1 aliphatic rings. The fourth-order valence-electron chi connectivity index (χ4n) is 3.76. The van der Waals surface area contributed by atoms with Gasteiger partial charge in [0, 0.05) is 10.6 Å². The SMILES string of the molecule is O=S(=O)(c1ccc(Cl)cc1F)N1CC[NH+](Cc2cccc3ccccc23)CC1. The highest BCUT2D eigenvalue weighted by molar-refractivity contribution is 7.89. The number of nitrogens with zero attached hydrogens (tertiary/aromatic N) is 1. The molecule has 1 aliphatic heterocycles. The summed E-state index contributed by atoms with van der Waals surface area (Å²) in [6.45, 7) is 2.93. The molecule has 1 fully saturated rings. The average Bonchev–Trinajstić information content (AvgIpc) is 2.68. The summed E-state index contributed by atoms with van der Waals surface area (Å²) >= 11 is 5.74. The molecule has 0 unspecified atom stereocenters. The zero-order chi connectivity index (χ0) is 19.7. The first-order chi connectivity index (χ1) is 13.4. The first-order valence-corrected chi connectivity index (χ1v) is 11.0. The summed E-state index contributed by atoms with van der Waals surface area (Å²) in [5.74, 6) is -0.807. The number of piperazine rings is 1. The number of benzene rings is 3. The Morgan fingerprint density at radius 1 is 1.00 bits per heavy atom. The van der Waals surface area contributed by atoms with E-state index in [1.165, 1.54) is 37.7 Å². The quantitative estimate of drug-likeness (QED) is 0.706. The molecule has 1 saturated heterocycles. The van der Waals surface area contributed by atoms with Crippen LogP contribution < -0.4 is 4.90 Å². The van der Waals surface area contributed by atoms with Gasteiger partial charge in [0.25, 0.3) is 0 Å². The van der Waals surface area contributed by atoms with E-state index in [1.807, 2.05) is 12.1 Å². The number of quaternary nitrogens is 1. The molecule has 0 aliphatic carbocycles. The third-order valence-corrected chi connectivity index (χ3v) is 7.43. The Balaban J connectivity index is 1.47. The second-order valence-electron chi connectivity index (χ2n) is 7.04. The lowest BCUT2D eigenvalue weighted by Crippen LogP contribution is -3.13. The van der Waals surface area contributed by atoms with Crippen molar-refractivity contribution in [3.05, 3.63) is 77.1 Å². The summed E-state index contributed by atoms with van der Waals surface area (Å²) < 4.78 is 41.1. The van der Waals surface area contributed by atoms with E-state index in [9.17, 15) is 12.8 Å². The molecule has 4 rings (SSSR count). The van der Waals surface area contributed by atoms with E-state index in [1.54, 1.807) is 0 Å². The Labute approximate surface area is 169 Å². The standard InChI is InChI=1S/C21H20ClFN2O2S/c22-18-8-9-21(20(23)14-18)28(26,27)25-12-10-24(11-13-25)15-17-6-3-5-16-4-1-2-7-19(16)17/h1-9,14H,10-13,15H2/p+1. The smallest absolute Gasteiger partial charge is 0.246 e. The fraction of sp³-hybridized carbons (Fsp3) is 0.238. The molecule has 0 amide bonds. The fourth-order valence-corrected chi connectivity index (χ4v) is 5.40. The van der Waals surface area contributed by atoms with E-state index in [-0.39, 0.29) is 9.92 Å². The Morgan fingerprint density at radius 3 is 2.46 bits per heavy atom. The first kappa shape index (κ1) is 19.3. The van der Waals surface area contributed by atoms with E-state index in [0.717, 1.165) is 12.6 Å². The van der Waals surface area contributed by atoms with Crippen LogP contribution in [0.15, 0.2) is 65.6 Å². The number of nitrogens with one attached hydrogen (secondary N) is 1. The summed E-state index contributed by atoms with van der Waals surface area (Å²) in [6.07, 6.45) is 0. The molecule has 3 aromatic rings. The topological polar surface area (TPSA) is 41.8 Å². The molecule has 3 aromatic carbocycles. The second-order valence-corrected chi connectivity index (χ2v) is 9.39. The predicted molar refractivity (Wildman–Crippen MR) is 109 cm³/mol. The molecule has 0 saturated carbocycles. The minimum absolute atomic E-state index is 0.181. The van der Waals surface area contributed by atoms with Crippen molar-refractivity contribution in [1.82, 2.24) is 4.31 Å². The maximum atomic E-state index is 14.1. The average molecular weight is 420 g/mol. The lowest BCUT2D eigenvalue weighted by Gasteiger charge is -2.31. The van der Waals surface area contributed by atoms with Crippen molar-refractivity contribution in [1.29, 1.82) is 0 Å². The molecular weight excluding hydrogens is 399 g/mol. The monoisotopic (exact) mass is 419 g/mol. The highest BCUT2D eigenvalue weighted by Crippen LogP contribution is 2.22. The number of halogens is 2. The Bertz CT molecular complexity index is 1110. The number of sulfonamides is 1. The van der Waals surface area contributed by atoms with Gasteiger partial charge in [-0.05, 0) is 29.0 Å². The summed E-state index contributed by atoms with van der Waals surface area (Å²) in [5.41, 5.74) is 1.26. The zero-order valence-electron chi connectivity index (χ0n) is 15.2. The van der Waals surface area contributed by atoms with Gasteiger partial charge in [-0.3, -0.25) is 0 Å². The molecule has 1 heterocycles. The molecular formula is C21H21ClFN2O2S+. The van der Waals surface area contributed by atoms with Crippen LogP contribution in [-0.2, 0) is 16.6 Å². The maximum absolute atomic E-state index is 14.1. The van der Waals surface area contributed by atoms with E-state index in [2.05, 4.69) is 30.3 Å². The van der Waals surface area contributed by atoms with Gasteiger partial charge in [-0.2, -0.15) is 4.31 Å². The number of hydrogen-bond acceptors (Lipinski definition) is 2. The van der Waals surface area contributed by atoms with Crippen LogP contribution in [0.5, 0.6) is 0 Å². The highest BCUT2D eigenvalue weighted by atomic mass is 35.5. The van der Waals surface area contributed by atoms with Gasteiger partial charge in [-0.15, -0.1) is 0 Å². The molecule has 1 N–H and O–H groups in total. The maximum Gasteiger partial charge on any atom is 0.246 e. The summed E-state index contributed by atoms with van der Waals surface area (Å²) in [5, 5.41) is 2.62. The highest BCUT2D eigenvalue weighted by Gasteiger charge is 2.32. The molecule has 4 nitrogen and oxygen atoms in total. The minimum Gasteiger partial charge on any atom is -0.329 e. The minimum atomic E-state index is -3.85. The largest absolute Gasteiger partial charge is 0.329 e. The predicted octanol–water partition coefficient (Wildman–Crippen LogP) is 2.72. The van der Waals surface area contributed by atoms with Crippen molar-refractivity contribution >= 4 is 32.4 Å². The molecule has 0 bridgehead atoms. The van der Waals surface area contributed by atoms with Gasteiger partial charge in [0.15, 0.2) is 0 Å². The molecule has 0 atom stereocenters. The van der Waals surface area contributed by atoms with Crippen molar-refractivity contribution in [2.24, 2.45) is 0 Å². The molecule has 0 spiro atoms. The normalized spacial score (nSPS) is 16.5. The van der Waals surface area contributed by atoms with Gasteiger partial charge in [0.05, 0.1) is 26.2 Å². The van der Waals surface area contributed by atoms with Crippen molar-refractivity contribution in [2.45, 2.75) is 11.4 Å². The van der Waals surface area contributed by atoms with Crippen LogP contribution in [0, 0.1) is 5.82 Å². The Morgan fingerprint density at radius 2 is 1.71 bits per heavy atom. The number of rotatable bonds is 4. The molecule has 0 radical (unpaired) electrons. The van der Waals surface area contributed by atoms with Crippen LogP contribution in [0.2, 0.25) is 5.02 Å². The lowest BCUT2D eigenvalue weighted by molar-refractivity contribution is -0.917. The summed E-state index contributed by atoms with van der Waals surface area (Å²) in [6, 6.07) is 18.2. The number of fused-ring (bicyclic) bond motifs is 1. The van der Waals surface area contributed by atoms with E-state index < -0.39 is 15.8 Å². The van der Waals surface area contributed by atoms with Crippen LogP contribution >= 0.6 is 11.6 Å². The molecule has 0 aromatic heterocycles. The molecule has 146 valence electrons. The van der Waals surface area contributed by atoms with Crippen molar-refractivity contribution in [3.63, 3.8) is 0 Å². The molecule has 28 heavy (non-hydrogen) atoms. The Hall–Kier alpha value is -1.99. The van der Waals surface area contributed by atoms with Crippen molar-refractivity contribution in [2.75, 3.05) is 26.2 Å². The van der Waals surface area contributed by atoms with Crippen molar-refractivity contribution < 1.29 is 17.7 Å². The van der Waals surface area contributed by atoms with Crippen molar-refractivity contribution in [3.8, 4) is 0 Å². The zero-order valence-corrected chi connectivity index (χ0v) is 16.8. The van der Waals surface area contributed by atoms with Crippen LogP contribution in [0.25, 0.3) is 10.8 Å². The van der Waals surface area contributed by atoms with Crippen LogP contribution in [0.4, 0.5) is 4.39 Å². The van der Waals surface area contributed by atoms with Gasteiger partial charge < -0.3 is 4.90 Å². The third kappa shape index (κ3) is 3.78. The van der Waals surface area contributed by atoms with Gasteiger partial charge in [0.2, 0.25) is 10.0 Å². The summed E-state index contributed by atoms with van der Waals surface area (Å²) in [7, 11) is -3.85. The Kier molecular flexibility index (Phi) is 5.38. The van der Waals surface area contributed by atoms with E-state index in [0.29, 0.717) is 26.2 Å². The van der Waals surface area contributed by atoms with E-state index in [4.69, 9.17) is 11.6 Å². The first-order valence-electron chi connectivity index (χ1n) is 9.20. The van der Waals surface area contributed by atoms with Gasteiger partial charge >= 0.3 is 0 Å². The van der Waals surface area contributed by atoms with Crippen LogP contribution in [0.3, 0.4) is 0 Å². The second kappa shape index (κ2) is 7.79. The van der Waals surface area contributed by atoms with Gasteiger partial charge in [-0.1, -0.05) is 54.1 Å². The van der Waals surface area contributed by atoms with Crippen LogP contribution in [-0.4, -0.2) is 38.9 Å². The van der Waals surface area contributed by atoms with Gasteiger partial charge in [-0.25, -0.2) is 12.8 Å².